The minimum absolute atomic E-state index is 0.0774. The van der Waals surface area contributed by atoms with Gasteiger partial charge in [0.25, 0.3) is 0 Å². The smallest absolute Gasteiger partial charge is 0.0784 e. The van der Waals surface area contributed by atoms with E-state index in [1.54, 1.807) is 10.9 Å². The molecule has 1 aromatic rings. The van der Waals surface area contributed by atoms with Crippen LogP contribution in [0.25, 0.3) is 0 Å². The first-order chi connectivity index (χ1) is 5.50. The second kappa shape index (κ2) is 3.27. The lowest BCUT2D eigenvalue weighted by atomic mass is 9.89. The zero-order valence-electron chi connectivity index (χ0n) is 7.86. The molecule has 3 heteroatoms. The van der Waals surface area contributed by atoms with Crippen molar-refractivity contribution in [1.29, 1.82) is 0 Å². The molecule has 1 unspecified atom stereocenters. The van der Waals surface area contributed by atoms with Gasteiger partial charge in [0.1, 0.15) is 0 Å². The van der Waals surface area contributed by atoms with Gasteiger partial charge in [-0.25, -0.2) is 0 Å². The third-order valence-corrected chi connectivity index (χ3v) is 1.92. The van der Waals surface area contributed by atoms with Gasteiger partial charge in [-0.2, -0.15) is 5.10 Å². The van der Waals surface area contributed by atoms with E-state index < -0.39 is 0 Å². The number of hydrogen-bond donors (Lipinski definition) is 1. The lowest BCUT2D eigenvalue weighted by Crippen LogP contribution is -2.30. The number of aliphatic hydroxyl groups excluding tert-OH is 1. The van der Waals surface area contributed by atoms with E-state index in [1.807, 2.05) is 33.0 Å². The lowest BCUT2D eigenvalue weighted by molar-refractivity contribution is 0.0451. The Morgan fingerprint density at radius 2 is 2.17 bits per heavy atom. The summed E-state index contributed by atoms with van der Waals surface area (Å²) in [5.74, 6) is 0. The Morgan fingerprint density at radius 3 is 2.58 bits per heavy atom. The number of aliphatic hydroxyl groups is 1. The Hall–Kier alpha value is -0.830. The standard InChI is InChI=1S/C9H16N2O/c1-9(2,3)8(12)7-11-6-4-5-10-11/h4-6,8,12H,7H2,1-3H3. The van der Waals surface area contributed by atoms with E-state index >= 15 is 0 Å². The zero-order chi connectivity index (χ0) is 9.19. The predicted molar refractivity (Wildman–Crippen MR) is 47.7 cm³/mol. The number of rotatable bonds is 2. The van der Waals surface area contributed by atoms with Crippen molar-refractivity contribution in [2.45, 2.75) is 33.4 Å². The van der Waals surface area contributed by atoms with Gasteiger partial charge in [-0.15, -0.1) is 0 Å². The van der Waals surface area contributed by atoms with Crippen molar-refractivity contribution in [3.8, 4) is 0 Å². The maximum absolute atomic E-state index is 9.70. The van der Waals surface area contributed by atoms with Gasteiger partial charge in [0, 0.05) is 12.4 Å². The molecular weight excluding hydrogens is 152 g/mol. The van der Waals surface area contributed by atoms with E-state index in [9.17, 15) is 5.11 Å². The van der Waals surface area contributed by atoms with Crippen molar-refractivity contribution in [2.75, 3.05) is 0 Å². The molecule has 0 bridgehead atoms. The van der Waals surface area contributed by atoms with E-state index in [2.05, 4.69) is 5.10 Å². The summed E-state index contributed by atoms with van der Waals surface area (Å²) in [6.07, 6.45) is 3.22. The molecule has 1 aromatic heterocycles. The van der Waals surface area contributed by atoms with Crippen LogP contribution in [0.3, 0.4) is 0 Å². The molecule has 1 atom stereocenters. The van der Waals surface area contributed by atoms with Crippen LogP contribution in [0.2, 0.25) is 0 Å². The summed E-state index contributed by atoms with van der Waals surface area (Å²) in [5.41, 5.74) is -0.0774. The highest BCUT2D eigenvalue weighted by Crippen LogP contribution is 2.19. The molecule has 0 aliphatic heterocycles. The van der Waals surface area contributed by atoms with Gasteiger partial charge in [0.05, 0.1) is 12.6 Å². The van der Waals surface area contributed by atoms with Gasteiger partial charge in [-0.3, -0.25) is 4.68 Å². The van der Waals surface area contributed by atoms with Crippen molar-refractivity contribution < 1.29 is 5.11 Å². The summed E-state index contributed by atoms with van der Waals surface area (Å²) in [7, 11) is 0. The quantitative estimate of drug-likeness (QED) is 0.722. The van der Waals surface area contributed by atoms with Gasteiger partial charge in [0.2, 0.25) is 0 Å². The molecule has 0 spiro atoms. The molecule has 1 heterocycles. The van der Waals surface area contributed by atoms with Crippen LogP contribution in [0.1, 0.15) is 20.8 Å². The van der Waals surface area contributed by atoms with Gasteiger partial charge in [-0.05, 0) is 11.5 Å². The maximum atomic E-state index is 9.70. The SMILES string of the molecule is CC(C)(C)C(O)Cn1cccn1. The molecule has 0 aromatic carbocycles. The van der Waals surface area contributed by atoms with E-state index in [0.29, 0.717) is 6.54 Å². The normalized spacial score (nSPS) is 14.7. The van der Waals surface area contributed by atoms with Crippen molar-refractivity contribution >= 4 is 0 Å². The molecule has 1 rings (SSSR count). The highest BCUT2D eigenvalue weighted by molar-refractivity contribution is 4.80. The van der Waals surface area contributed by atoms with Crippen LogP contribution in [0.5, 0.6) is 0 Å². The fraction of sp³-hybridized carbons (Fsp3) is 0.667. The van der Waals surface area contributed by atoms with Gasteiger partial charge >= 0.3 is 0 Å². The summed E-state index contributed by atoms with van der Waals surface area (Å²) in [6, 6.07) is 1.86. The molecule has 0 fully saturated rings. The third kappa shape index (κ3) is 2.34. The molecule has 0 saturated carbocycles. The molecule has 0 amide bonds. The van der Waals surface area contributed by atoms with Crippen molar-refractivity contribution in [3.63, 3.8) is 0 Å². The molecule has 0 aliphatic rings. The summed E-state index contributed by atoms with van der Waals surface area (Å²) in [4.78, 5) is 0. The number of nitrogens with zero attached hydrogens (tertiary/aromatic N) is 2. The minimum atomic E-state index is -0.350. The summed E-state index contributed by atoms with van der Waals surface area (Å²) in [6.45, 7) is 6.61. The molecular formula is C9H16N2O. The topological polar surface area (TPSA) is 38.0 Å². The monoisotopic (exact) mass is 168 g/mol. The number of aromatic nitrogens is 2. The van der Waals surface area contributed by atoms with Crippen LogP contribution in [0.15, 0.2) is 18.5 Å². The van der Waals surface area contributed by atoms with Crippen LogP contribution in [0, 0.1) is 5.41 Å². The predicted octanol–water partition coefficient (Wildman–Crippen LogP) is 1.29. The Labute approximate surface area is 73.0 Å². The largest absolute Gasteiger partial charge is 0.391 e. The van der Waals surface area contributed by atoms with Crippen LogP contribution >= 0.6 is 0 Å². The summed E-state index contributed by atoms with van der Waals surface area (Å²) in [5, 5.41) is 13.7. The highest BCUT2D eigenvalue weighted by atomic mass is 16.3. The van der Waals surface area contributed by atoms with Crippen LogP contribution in [-0.4, -0.2) is 21.0 Å². The zero-order valence-corrected chi connectivity index (χ0v) is 7.86. The van der Waals surface area contributed by atoms with E-state index in [0.717, 1.165) is 0 Å². The first-order valence-corrected chi connectivity index (χ1v) is 4.15. The molecule has 12 heavy (non-hydrogen) atoms. The second-order valence-corrected chi connectivity index (χ2v) is 4.11. The second-order valence-electron chi connectivity index (χ2n) is 4.11. The summed E-state index contributed by atoms with van der Waals surface area (Å²) >= 11 is 0. The highest BCUT2D eigenvalue weighted by Gasteiger charge is 2.22. The van der Waals surface area contributed by atoms with Gasteiger partial charge < -0.3 is 5.11 Å². The molecule has 1 N–H and O–H groups in total. The maximum Gasteiger partial charge on any atom is 0.0784 e. The minimum Gasteiger partial charge on any atom is -0.391 e. The van der Waals surface area contributed by atoms with Crippen LogP contribution in [-0.2, 0) is 6.54 Å². The van der Waals surface area contributed by atoms with Gasteiger partial charge in [0.15, 0.2) is 0 Å². The van der Waals surface area contributed by atoms with E-state index in [4.69, 9.17) is 0 Å². The van der Waals surface area contributed by atoms with Crippen LogP contribution in [0.4, 0.5) is 0 Å². The lowest BCUT2D eigenvalue weighted by Gasteiger charge is -2.25. The third-order valence-electron chi connectivity index (χ3n) is 1.92. The molecule has 68 valence electrons. The number of hydrogen-bond acceptors (Lipinski definition) is 2. The van der Waals surface area contributed by atoms with Gasteiger partial charge in [-0.1, -0.05) is 20.8 Å². The molecule has 0 aliphatic carbocycles. The average molecular weight is 168 g/mol. The Kier molecular flexibility index (Phi) is 2.52. The molecule has 0 saturated heterocycles. The van der Waals surface area contributed by atoms with E-state index in [1.165, 1.54) is 0 Å². The first-order valence-electron chi connectivity index (χ1n) is 4.15. The fourth-order valence-corrected chi connectivity index (χ4v) is 0.859. The average Bonchev–Trinajstić information content (AvgIpc) is 2.37. The summed E-state index contributed by atoms with van der Waals surface area (Å²) < 4.78 is 1.75. The fourth-order valence-electron chi connectivity index (χ4n) is 0.859. The molecule has 0 radical (unpaired) electrons. The Morgan fingerprint density at radius 1 is 1.50 bits per heavy atom. The van der Waals surface area contributed by atoms with Crippen LogP contribution < -0.4 is 0 Å². The Bertz CT molecular complexity index is 223. The van der Waals surface area contributed by atoms with Crippen molar-refractivity contribution in [3.05, 3.63) is 18.5 Å². The first kappa shape index (κ1) is 9.26. The van der Waals surface area contributed by atoms with Crippen molar-refractivity contribution in [2.24, 2.45) is 5.41 Å². The van der Waals surface area contributed by atoms with Crippen molar-refractivity contribution in [1.82, 2.24) is 9.78 Å². The Balaban J connectivity index is 2.53. The molecule has 3 nitrogen and oxygen atoms in total. The van der Waals surface area contributed by atoms with E-state index in [-0.39, 0.29) is 11.5 Å².